The number of rotatable bonds is 5. The van der Waals surface area contributed by atoms with Crippen molar-refractivity contribution >= 4 is 35.4 Å². The average Bonchev–Trinajstić information content (AvgIpc) is 3.18. The summed E-state index contributed by atoms with van der Waals surface area (Å²) in [7, 11) is 0. The first-order valence-electron chi connectivity index (χ1n) is 8.73. The van der Waals surface area contributed by atoms with Crippen LogP contribution in [0.5, 0.6) is 0 Å². The topological polar surface area (TPSA) is 43.6 Å². The number of hydrogen-bond donors (Lipinski definition) is 0. The van der Waals surface area contributed by atoms with Gasteiger partial charge in [-0.2, -0.15) is 10.2 Å². The second-order valence-electron chi connectivity index (χ2n) is 6.21. The highest BCUT2D eigenvalue weighted by atomic mass is 35.5. The van der Waals surface area contributed by atoms with E-state index in [9.17, 15) is 0 Å². The molecule has 138 valence electrons. The van der Waals surface area contributed by atoms with Crippen LogP contribution in [0.3, 0.4) is 0 Å². The zero-order chi connectivity index (χ0) is 19.3. The molecule has 0 atom stereocenters. The van der Waals surface area contributed by atoms with E-state index in [0.717, 1.165) is 22.5 Å². The molecule has 0 unspecified atom stereocenters. The number of nitrogens with zero attached hydrogens (tertiary/aromatic N) is 4. The van der Waals surface area contributed by atoms with E-state index >= 15 is 0 Å². The van der Waals surface area contributed by atoms with Gasteiger partial charge in [0.2, 0.25) is 0 Å². The molecule has 6 heteroatoms. The van der Waals surface area contributed by atoms with E-state index in [4.69, 9.17) is 23.2 Å². The number of aromatic nitrogens is 4. The van der Waals surface area contributed by atoms with Gasteiger partial charge in [0.15, 0.2) is 5.82 Å². The van der Waals surface area contributed by atoms with Crippen molar-refractivity contribution < 1.29 is 0 Å². The van der Waals surface area contributed by atoms with Crippen LogP contribution in [-0.4, -0.2) is 20.0 Å². The van der Waals surface area contributed by atoms with Crippen molar-refractivity contribution in [3.05, 3.63) is 105 Å². The second kappa shape index (κ2) is 8.38. The lowest BCUT2D eigenvalue weighted by Gasteiger charge is -2.06. The summed E-state index contributed by atoms with van der Waals surface area (Å²) < 4.78 is 1.76. The first-order valence-corrected chi connectivity index (χ1v) is 9.49. The van der Waals surface area contributed by atoms with E-state index in [1.54, 1.807) is 16.9 Å². The van der Waals surface area contributed by atoms with Crippen molar-refractivity contribution in [1.82, 2.24) is 20.0 Å². The lowest BCUT2D eigenvalue weighted by Crippen LogP contribution is -2.04. The molecule has 0 saturated carbocycles. The predicted octanol–water partition coefficient (Wildman–Crippen LogP) is 5.73. The Hall–Kier alpha value is -2.95. The standard InChI is InChI=1S/C22H16Cl2N4/c23-18-8-7-17(21(24)15-18)14-19-9-11-22(27-26-19)28-20(12-13-25-28)10-6-16-4-2-1-3-5-16/h1-13,15H,14H2. The minimum Gasteiger partial charge on any atom is -0.214 e. The van der Waals surface area contributed by atoms with Crippen LogP contribution in [0.4, 0.5) is 0 Å². The van der Waals surface area contributed by atoms with Crippen molar-refractivity contribution in [2.45, 2.75) is 6.42 Å². The van der Waals surface area contributed by atoms with E-state index in [0.29, 0.717) is 22.3 Å². The van der Waals surface area contributed by atoms with E-state index in [-0.39, 0.29) is 0 Å². The van der Waals surface area contributed by atoms with Crippen molar-refractivity contribution in [2.75, 3.05) is 0 Å². The highest BCUT2D eigenvalue weighted by molar-refractivity contribution is 6.35. The van der Waals surface area contributed by atoms with Crippen LogP contribution in [-0.2, 0) is 6.42 Å². The normalized spacial score (nSPS) is 11.2. The lowest BCUT2D eigenvalue weighted by atomic mass is 10.1. The summed E-state index contributed by atoms with van der Waals surface area (Å²) in [6, 6.07) is 21.3. The van der Waals surface area contributed by atoms with Gasteiger partial charge >= 0.3 is 0 Å². The molecule has 0 amide bonds. The predicted molar refractivity (Wildman–Crippen MR) is 114 cm³/mol. The van der Waals surface area contributed by atoms with Gasteiger partial charge in [-0.05, 0) is 47.5 Å². The summed E-state index contributed by atoms with van der Waals surface area (Å²) in [5.74, 6) is 0.656. The van der Waals surface area contributed by atoms with Crippen LogP contribution < -0.4 is 0 Å². The van der Waals surface area contributed by atoms with Crippen LogP contribution >= 0.6 is 23.2 Å². The molecule has 0 spiro atoms. The fourth-order valence-electron chi connectivity index (χ4n) is 2.80. The van der Waals surface area contributed by atoms with Gasteiger partial charge in [-0.15, -0.1) is 5.10 Å². The minimum absolute atomic E-state index is 0.586. The molecule has 0 aliphatic carbocycles. The Morgan fingerprint density at radius 3 is 2.46 bits per heavy atom. The van der Waals surface area contributed by atoms with Crippen LogP contribution in [0.1, 0.15) is 22.5 Å². The molecule has 0 aliphatic heterocycles. The molecule has 0 aliphatic rings. The molecule has 28 heavy (non-hydrogen) atoms. The maximum absolute atomic E-state index is 6.24. The molecule has 4 nitrogen and oxygen atoms in total. The maximum atomic E-state index is 6.24. The molecular formula is C22H16Cl2N4. The smallest absolute Gasteiger partial charge is 0.176 e. The van der Waals surface area contributed by atoms with Crippen molar-refractivity contribution in [1.29, 1.82) is 0 Å². The van der Waals surface area contributed by atoms with Gasteiger partial charge in [0.05, 0.1) is 17.6 Å². The molecule has 2 aromatic carbocycles. The quantitative estimate of drug-likeness (QED) is 0.424. The van der Waals surface area contributed by atoms with E-state index in [2.05, 4.69) is 15.3 Å². The summed E-state index contributed by atoms with van der Waals surface area (Å²) in [5, 5.41) is 14.3. The minimum atomic E-state index is 0.586. The Morgan fingerprint density at radius 1 is 0.857 bits per heavy atom. The number of benzene rings is 2. The largest absolute Gasteiger partial charge is 0.214 e. The summed E-state index contributed by atoms with van der Waals surface area (Å²) in [5.41, 5.74) is 3.82. The molecule has 0 radical (unpaired) electrons. The highest BCUT2D eigenvalue weighted by Gasteiger charge is 2.07. The number of halogens is 2. The van der Waals surface area contributed by atoms with E-state index in [1.807, 2.05) is 72.8 Å². The third-order valence-electron chi connectivity index (χ3n) is 4.23. The first kappa shape index (κ1) is 18.4. The van der Waals surface area contributed by atoms with Gasteiger partial charge in [-0.25, -0.2) is 4.68 Å². The maximum Gasteiger partial charge on any atom is 0.176 e. The summed E-state index contributed by atoms with van der Waals surface area (Å²) in [6.45, 7) is 0. The summed E-state index contributed by atoms with van der Waals surface area (Å²) in [4.78, 5) is 0. The monoisotopic (exact) mass is 406 g/mol. The van der Waals surface area contributed by atoms with Gasteiger partial charge in [-0.3, -0.25) is 0 Å². The molecule has 0 saturated heterocycles. The summed E-state index contributed by atoms with van der Waals surface area (Å²) >= 11 is 12.2. The fraction of sp³-hybridized carbons (Fsp3) is 0.0455. The van der Waals surface area contributed by atoms with Gasteiger partial charge in [-0.1, -0.05) is 65.7 Å². The van der Waals surface area contributed by atoms with Crippen molar-refractivity contribution in [3.8, 4) is 5.82 Å². The average molecular weight is 407 g/mol. The highest BCUT2D eigenvalue weighted by Crippen LogP contribution is 2.23. The van der Waals surface area contributed by atoms with Crippen LogP contribution in [0.2, 0.25) is 10.0 Å². The molecular weight excluding hydrogens is 391 g/mol. The fourth-order valence-corrected chi connectivity index (χ4v) is 3.27. The molecule has 0 N–H and O–H groups in total. The van der Waals surface area contributed by atoms with Gasteiger partial charge in [0, 0.05) is 16.5 Å². The molecule has 0 bridgehead atoms. The zero-order valence-electron chi connectivity index (χ0n) is 14.8. The Bertz CT molecular complexity index is 1100. The molecule has 2 aromatic heterocycles. The molecule has 4 rings (SSSR count). The van der Waals surface area contributed by atoms with E-state index in [1.165, 1.54) is 0 Å². The summed E-state index contributed by atoms with van der Waals surface area (Å²) in [6.07, 6.45) is 6.38. The van der Waals surface area contributed by atoms with Crippen molar-refractivity contribution in [3.63, 3.8) is 0 Å². The number of hydrogen-bond acceptors (Lipinski definition) is 3. The Kier molecular flexibility index (Phi) is 5.51. The van der Waals surface area contributed by atoms with E-state index < -0.39 is 0 Å². The Labute approximate surface area is 173 Å². The van der Waals surface area contributed by atoms with Crippen LogP contribution in [0.25, 0.3) is 18.0 Å². The Balaban J connectivity index is 1.53. The van der Waals surface area contributed by atoms with Crippen LogP contribution in [0.15, 0.2) is 72.9 Å². The molecule has 2 heterocycles. The Morgan fingerprint density at radius 2 is 1.71 bits per heavy atom. The van der Waals surface area contributed by atoms with Gasteiger partial charge in [0.25, 0.3) is 0 Å². The van der Waals surface area contributed by atoms with Gasteiger partial charge < -0.3 is 0 Å². The van der Waals surface area contributed by atoms with Crippen molar-refractivity contribution in [2.24, 2.45) is 0 Å². The van der Waals surface area contributed by atoms with Gasteiger partial charge in [0.1, 0.15) is 0 Å². The molecule has 4 aromatic rings. The first-order chi connectivity index (χ1) is 13.7. The lowest BCUT2D eigenvalue weighted by molar-refractivity contribution is 0.794. The zero-order valence-corrected chi connectivity index (χ0v) is 16.3. The third-order valence-corrected chi connectivity index (χ3v) is 4.81. The SMILES string of the molecule is Clc1ccc(Cc2ccc(-n3nccc3C=Cc3ccccc3)nn2)c(Cl)c1. The van der Waals surface area contributed by atoms with Crippen LogP contribution in [0, 0.1) is 0 Å². The third kappa shape index (κ3) is 4.30. The molecule has 0 fully saturated rings. The second-order valence-corrected chi connectivity index (χ2v) is 7.05.